The SMILES string of the molecule is CO[C@@H]1C(=O)[C@@H]2C[C@@H](C)C(O2)C1C. The molecule has 2 fully saturated rings. The average Bonchev–Trinajstić information content (AvgIpc) is 2.44. The van der Waals surface area contributed by atoms with E-state index in [0.717, 1.165) is 6.42 Å². The Balaban J connectivity index is 2.23. The van der Waals surface area contributed by atoms with Crippen LogP contribution in [-0.4, -0.2) is 31.2 Å². The second-order valence-electron chi connectivity index (χ2n) is 4.22. The second-order valence-corrected chi connectivity index (χ2v) is 4.22. The van der Waals surface area contributed by atoms with E-state index in [9.17, 15) is 4.79 Å². The van der Waals surface area contributed by atoms with Crippen LogP contribution in [0.3, 0.4) is 0 Å². The Kier molecular flexibility index (Phi) is 2.16. The number of hydrogen-bond acceptors (Lipinski definition) is 3. The number of Topliss-reactive ketones (excluding diaryl/α,β-unsaturated/α-hetero) is 1. The van der Waals surface area contributed by atoms with Crippen molar-refractivity contribution in [2.45, 2.75) is 38.6 Å². The fourth-order valence-electron chi connectivity index (χ4n) is 2.62. The van der Waals surface area contributed by atoms with Crippen molar-refractivity contribution in [1.29, 1.82) is 0 Å². The fourth-order valence-corrected chi connectivity index (χ4v) is 2.62. The van der Waals surface area contributed by atoms with Gasteiger partial charge in [0.05, 0.1) is 6.10 Å². The van der Waals surface area contributed by atoms with E-state index in [-0.39, 0.29) is 30.0 Å². The molecule has 0 saturated carbocycles. The maximum absolute atomic E-state index is 11.7. The molecule has 2 unspecified atom stereocenters. The van der Waals surface area contributed by atoms with Crippen molar-refractivity contribution in [3.8, 4) is 0 Å². The van der Waals surface area contributed by atoms with Gasteiger partial charge in [-0.1, -0.05) is 13.8 Å². The highest BCUT2D eigenvalue weighted by Crippen LogP contribution is 2.39. The monoisotopic (exact) mass is 184 g/mol. The zero-order valence-electron chi connectivity index (χ0n) is 8.32. The minimum atomic E-state index is -0.242. The quantitative estimate of drug-likeness (QED) is 0.610. The van der Waals surface area contributed by atoms with Crippen LogP contribution in [0.1, 0.15) is 20.3 Å². The molecule has 0 aromatic rings. The number of rotatable bonds is 1. The summed E-state index contributed by atoms with van der Waals surface area (Å²) in [5, 5.41) is 0. The van der Waals surface area contributed by atoms with E-state index in [2.05, 4.69) is 6.92 Å². The number of methoxy groups -OCH3 is 1. The smallest absolute Gasteiger partial charge is 0.190 e. The van der Waals surface area contributed by atoms with Gasteiger partial charge in [0.1, 0.15) is 12.2 Å². The minimum absolute atomic E-state index is 0.135. The van der Waals surface area contributed by atoms with Crippen molar-refractivity contribution in [2.24, 2.45) is 11.8 Å². The Bertz CT molecular complexity index is 226. The number of fused-ring (bicyclic) bond motifs is 2. The molecular weight excluding hydrogens is 168 g/mol. The van der Waals surface area contributed by atoms with Gasteiger partial charge in [0.2, 0.25) is 0 Å². The van der Waals surface area contributed by atoms with E-state index < -0.39 is 0 Å². The lowest BCUT2D eigenvalue weighted by Crippen LogP contribution is -2.47. The highest BCUT2D eigenvalue weighted by atomic mass is 16.5. The van der Waals surface area contributed by atoms with E-state index in [1.54, 1.807) is 7.11 Å². The first-order valence-corrected chi connectivity index (χ1v) is 4.87. The van der Waals surface area contributed by atoms with E-state index in [0.29, 0.717) is 5.92 Å². The van der Waals surface area contributed by atoms with Crippen molar-refractivity contribution in [2.75, 3.05) is 7.11 Å². The summed E-state index contributed by atoms with van der Waals surface area (Å²) in [5.74, 6) is 0.825. The van der Waals surface area contributed by atoms with Crippen molar-refractivity contribution in [1.82, 2.24) is 0 Å². The first-order chi connectivity index (χ1) is 6.15. The van der Waals surface area contributed by atoms with Crippen molar-refractivity contribution >= 4 is 5.78 Å². The predicted molar refractivity (Wildman–Crippen MR) is 47.4 cm³/mol. The Morgan fingerprint density at radius 1 is 1.46 bits per heavy atom. The highest BCUT2D eigenvalue weighted by molar-refractivity contribution is 5.89. The zero-order chi connectivity index (χ0) is 9.59. The van der Waals surface area contributed by atoms with E-state index >= 15 is 0 Å². The molecule has 0 aliphatic carbocycles. The van der Waals surface area contributed by atoms with E-state index in [1.165, 1.54) is 0 Å². The van der Waals surface area contributed by atoms with Gasteiger partial charge >= 0.3 is 0 Å². The third-order valence-electron chi connectivity index (χ3n) is 3.32. The molecule has 0 aromatic heterocycles. The molecule has 74 valence electrons. The zero-order valence-corrected chi connectivity index (χ0v) is 8.32. The summed E-state index contributed by atoms with van der Waals surface area (Å²) in [7, 11) is 1.61. The Hall–Kier alpha value is -0.410. The van der Waals surface area contributed by atoms with Gasteiger partial charge in [0.25, 0.3) is 0 Å². The minimum Gasteiger partial charge on any atom is -0.373 e. The maximum Gasteiger partial charge on any atom is 0.190 e. The summed E-state index contributed by atoms with van der Waals surface area (Å²) in [6, 6.07) is 0. The number of ether oxygens (including phenoxy) is 2. The number of carbonyl (C=O) groups excluding carboxylic acids is 1. The molecule has 0 radical (unpaired) electrons. The molecule has 3 heteroatoms. The molecule has 0 N–H and O–H groups in total. The van der Waals surface area contributed by atoms with Gasteiger partial charge in [-0.05, 0) is 12.3 Å². The molecule has 3 nitrogen and oxygen atoms in total. The molecular formula is C10H16O3. The predicted octanol–water partition coefficient (Wildman–Crippen LogP) is 1.01. The summed E-state index contributed by atoms with van der Waals surface area (Å²) < 4.78 is 10.9. The molecule has 5 atom stereocenters. The normalized spacial score (nSPS) is 49.8. The molecule has 2 rings (SSSR count). The number of hydrogen-bond donors (Lipinski definition) is 0. The molecule has 2 aliphatic heterocycles. The van der Waals surface area contributed by atoms with Crippen LogP contribution in [0.15, 0.2) is 0 Å². The third kappa shape index (κ3) is 1.22. The molecule has 0 spiro atoms. The molecule has 0 amide bonds. The Morgan fingerprint density at radius 3 is 2.77 bits per heavy atom. The molecule has 2 heterocycles. The van der Waals surface area contributed by atoms with E-state index in [4.69, 9.17) is 9.47 Å². The van der Waals surface area contributed by atoms with Crippen LogP contribution < -0.4 is 0 Å². The topological polar surface area (TPSA) is 35.5 Å². The van der Waals surface area contributed by atoms with Crippen molar-refractivity contribution in [3.63, 3.8) is 0 Å². The standard InChI is InChI=1S/C10H16O3/c1-5-4-7-8(11)10(12-3)6(2)9(5)13-7/h5-7,9-10H,4H2,1-3H3/t5-,6?,7+,9?,10+/m1/s1. The summed E-state index contributed by atoms with van der Waals surface area (Å²) in [5.41, 5.74) is 0. The average molecular weight is 184 g/mol. The van der Waals surface area contributed by atoms with Crippen LogP contribution in [0.2, 0.25) is 0 Å². The van der Waals surface area contributed by atoms with Gasteiger partial charge in [-0.2, -0.15) is 0 Å². The lowest BCUT2D eigenvalue weighted by atomic mass is 9.90. The van der Waals surface area contributed by atoms with Crippen molar-refractivity contribution in [3.05, 3.63) is 0 Å². The second kappa shape index (κ2) is 3.07. The van der Waals surface area contributed by atoms with Gasteiger partial charge < -0.3 is 9.47 Å². The fraction of sp³-hybridized carbons (Fsp3) is 0.900. The molecule has 0 aromatic carbocycles. The summed E-state index contributed by atoms with van der Waals surface area (Å²) in [6.45, 7) is 4.18. The van der Waals surface area contributed by atoms with Gasteiger partial charge in [0, 0.05) is 13.0 Å². The highest BCUT2D eigenvalue weighted by Gasteiger charge is 2.50. The van der Waals surface area contributed by atoms with Gasteiger partial charge in [-0.3, -0.25) is 4.79 Å². The Morgan fingerprint density at radius 2 is 2.15 bits per heavy atom. The lowest BCUT2D eigenvalue weighted by molar-refractivity contribution is -0.160. The van der Waals surface area contributed by atoms with Crippen LogP contribution in [0, 0.1) is 11.8 Å². The van der Waals surface area contributed by atoms with Gasteiger partial charge in [-0.25, -0.2) is 0 Å². The summed E-state index contributed by atoms with van der Waals surface area (Å²) in [6.07, 6.45) is 0.649. The molecule has 13 heavy (non-hydrogen) atoms. The van der Waals surface area contributed by atoms with Crippen LogP contribution in [0.25, 0.3) is 0 Å². The van der Waals surface area contributed by atoms with Crippen LogP contribution in [0.4, 0.5) is 0 Å². The number of ketones is 1. The van der Waals surface area contributed by atoms with Crippen LogP contribution in [0.5, 0.6) is 0 Å². The van der Waals surface area contributed by atoms with Crippen molar-refractivity contribution < 1.29 is 14.3 Å². The van der Waals surface area contributed by atoms with Gasteiger partial charge in [0.15, 0.2) is 5.78 Å². The summed E-state index contributed by atoms with van der Waals surface area (Å²) >= 11 is 0. The maximum atomic E-state index is 11.7. The molecule has 2 bridgehead atoms. The van der Waals surface area contributed by atoms with Crippen LogP contribution in [-0.2, 0) is 14.3 Å². The Labute approximate surface area is 78.4 Å². The van der Waals surface area contributed by atoms with E-state index in [1.807, 2.05) is 6.92 Å². The first kappa shape index (κ1) is 9.16. The van der Waals surface area contributed by atoms with Gasteiger partial charge in [-0.15, -0.1) is 0 Å². The number of carbonyl (C=O) groups is 1. The lowest BCUT2D eigenvalue weighted by Gasteiger charge is -2.33. The summed E-state index contributed by atoms with van der Waals surface area (Å²) in [4.78, 5) is 11.7. The largest absolute Gasteiger partial charge is 0.373 e. The van der Waals surface area contributed by atoms with Crippen LogP contribution >= 0.6 is 0 Å². The molecule has 2 saturated heterocycles. The first-order valence-electron chi connectivity index (χ1n) is 4.87. The molecule has 2 aliphatic rings. The third-order valence-corrected chi connectivity index (χ3v) is 3.32.